The Morgan fingerprint density at radius 2 is 1.76 bits per heavy atom. The number of fused-ring (bicyclic) bond motifs is 1. The maximum Gasteiger partial charge on any atom is 0.240 e. The summed E-state index contributed by atoms with van der Waals surface area (Å²) in [4.78, 5) is 2.11. The van der Waals surface area contributed by atoms with Gasteiger partial charge in [-0.15, -0.1) is 20.4 Å². The van der Waals surface area contributed by atoms with E-state index in [2.05, 4.69) is 77.9 Å². The normalized spacial score (nSPS) is 19.3. The predicted octanol–water partition coefficient (Wildman–Crippen LogP) is -2.66. The zero-order chi connectivity index (χ0) is 18.6. The van der Waals surface area contributed by atoms with Crippen LogP contribution in [-0.2, 0) is 0 Å². The molecule has 1 unspecified atom stereocenters. The largest absolute Gasteiger partial charge is 0.378 e. The summed E-state index contributed by atoms with van der Waals surface area (Å²) in [6.45, 7) is 2.11. The van der Waals surface area contributed by atoms with Crippen molar-refractivity contribution in [3.8, 4) is 0 Å². The molecular weight excluding hydrogens is 386 g/mol. The summed E-state index contributed by atoms with van der Waals surface area (Å²) in [6.07, 6.45) is 4.43. The Labute approximate surface area is 157 Å². The Bertz CT molecular complexity index is 681. The second-order valence-electron chi connectivity index (χ2n) is 5.35. The van der Waals surface area contributed by atoms with Crippen molar-refractivity contribution in [1.82, 2.24) is 5.01 Å². The molecule has 0 fully saturated rings. The van der Waals surface area contributed by atoms with Gasteiger partial charge in [0.1, 0.15) is 5.03 Å². The van der Waals surface area contributed by atoms with Crippen LogP contribution in [0.5, 0.6) is 0 Å². The van der Waals surface area contributed by atoms with Gasteiger partial charge in [0.25, 0.3) is 0 Å². The summed E-state index contributed by atoms with van der Waals surface area (Å²) in [5.74, 6) is 0. The van der Waals surface area contributed by atoms with Gasteiger partial charge in [0.05, 0.1) is 0 Å². The van der Waals surface area contributed by atoms with Gasteiger partial charge < -0.3 is 4.90 Å². The second kappa shape index (κ2) is 8.45. The molecule has 0 bridgehead atoms. The minimum Gasteiger partial charge on any atom is -0.378 e. The first-order valence-electron chi connectivity index (χ1n) is 7.14. The molecule has 0 spiro atoms. The molecule has 0 saturated heterocycles. The molecule has 2 heterocycles. The fourth-order valence-electron chi connectivity index (χ4n) is 2.12. The number of hydrogen-bond donors (Lipinski definition) is 1. The monoisotopic (exact) mass is 403 g/mol. The summed E-state index contributed by atoms with van der Waals surface area (Å²) in [7, 11) is -0.828. The zero-order valence-electron chi connectivity index (χ0n) is 13.8. The van der Waals surface area contributed by atoms with Gasteiger partial charge in [0.2, 0.25) is 5.04 Å². The maximum atomic E-state index is 8.49. The van der Waals surface area contributed by atoms with Crippen LogP contribution >= 0.6 is 23.5 Å². The summed E-state index contributed by atoms with van der Waals surface area (Å²) in [5.41, 5.74) is 2.46. The predicted molar refractivity (Wildman–Crippen MR) is 90.3 cm³/mol. The van der Waals surface area contributed by atoms with Crippen molar-refractivity contribution >= 4 is 40.3 Å². The molecule has 0 amide bonds. The van der Waals surface area contributed by atoms with Crippen LogP contribution in [0, 0.1) is 10.2 Å². The number of rotatable bonds is 3. The van der Waals surface area contributed by atoms with E-state index < -0.39 is 10.2 Å². The quantitative estimate of drug-likeness (QED) is 0.582. The van der Waals surface area contributed by atoms with Crippen LogP contribution in [0.15, 0.2) is 40.8 Å². The molecule has 1 aromatic rings. The number of hydrazine groups is 1. The molecule has 1 aromatic carbocycles. The van der Waals surface area contributed by atoms with Gasteiger partial charge in [0.15, 0.2) is 5.37 Å². The molecule has 25 heavy (non-hydrogen) atoms. The van der Waals surface area contributed by atoms with E-state index in [1.54, 1.807) is 11.8 Å². The molecule has 0 radical (unpaired) electrons. The highest BCUT2D eigenvalue weighted by Crippen LogP contribution is 2.36. The summed E-state index contributed by atoms with van der Waals surface area (Å²) in [6, 6.07) is 8.60. The molecule has 136 valence electrons. The SMILES string of the molecule is CC1=[NH+]N2C(=CSC2C=Cc2ccc(N(C)C)cc2)S1.[O-][Cl+3]([O-])([O-])[O-]. The summed E-state index contributed by atoms with van der Waals surface area (Å²) >= 11 is 3.63. The molecule has 2 aliphatic heterocycles. The average molecular weight is 404 g/mol. The standard InChI is InChI=1S/C15H17N3S2.ClHO4/c1-11-16-18-14(19-10-15(18)20-11)9-6-12-4-7-13(8-5-12)17(2)3;2-1(3,4)5/h4-10,14H,1-3H3;(H,2,3,4,5). The smallest absolute Gasteiger partial charge is 0.240 e. The lowest BCUT2D eigenvalue weighted by molar-refractivity contribution is -2.00. The van der Waals surface area contributed by atoms with E-state index in [-0.39, 0.29) is 0 Å². The van der Waals surface area contributed by atoms with Crippen LogP contribution in [0.3, 0.4) is 0 Å². The first-order chi connectivity index (χ1) is 11.6. The van der Waals surface area contributed by atoms with E-state index in [1.165, 1.54) is 21.3 Å². The van der Waals surface area contributed by atoms with Gasteiger partial charge in [-0.3, -0.25) is 0 Å². The van der Waals surface area contributed by atoms with Crippen LogP contribution in [0.4, 0.5) is 5.69 Å². The molecule has 0 saturated carbocycles. The molecule has 10 heteroatoms. The van der Waals surface area contributed by atoms with E-state index in [0.717, 1.165) is 0 Å². The van der Waals surface area contributed by atoms with Gasteiger partial charge in [0, 0.05) is 43.9 Å². The molecule has 3 rings (SSSR count). The lowest BCUT2D eigenvalue weighted by atomic mass is 10.2. The number of thioether (sulfide) groups is 2. The lowest BCUT2D eigenvalue weighted by Crippen LogP contribution is -2.80. The zero-order valence-corrected chi connectivity index (χ0v) is 16.2. The number of nitrogens with zero attached hydrogens (tertiary/aromatic N) is 2. The van der Waals surface area contributed by atoms with Crippen molar-refractivity contribution in [1.29, 1.82) is 0 Å². The fourth-order valence-corrected chi connectivity index (χ4v) is 4.09. The van der Waals surface area contributed by atoms with E-state index in [4.69, 9.17) is 18.6 Å². The molecule has 0 aromatic heterocycles. The molecule has 7 nitrogen and oxygen atoms in total. The van der Waals surface area contributed by atoms with Crippen molar-refractivity contribution in [2.24, 2.45) is 0 Å². The Balaban J connectivity index is 0.000000399. The van der Waals surface area contributed by atoms with E-state index in [0.29, 0.717) is 5.37 Å². The molecule has 2 aliphatic rings. The Kier molecular flexibility index (Phi) is 6.80. The highest BCUT2D eigenvalue weighted by Gasteiger charge is 2.35. The van der Waals surface area contributed by atoms with Gasteiger partial charge in [-0.1, -0.05) is 30.0 Å². The third kappa shape index (κ3) is 6.55. The Morgan fingerprint density at radius 3 is 2.32 bits per heavy atom. The van der Waals surface area contributed by atoms with Crippen LogP contribution in [0.25, 0.3) is 6.08 Å². The number of hydrazone groups is 1. The minimum atomic E-state index is -4.94. The van der Waals surface area contributed by atoms with Crippen molar-refractivity contribution < 1.29 is 34.0 Å². The first-order valence-corrected chi connectivity index (χ1v) is 10.1. The van der Waals surface area contributed by atoms with Crippen LogP contribution in [0.1, 0.15) is 12.5 Å². The van der Waals surface area contributed by atoms with Gasteiger partial charge in [-0.25, -0.2) is 18.6 Å². The van der Waals surface area contributed by atoms with Crippen LogP contribution < -0.4 is 28.6 Å². The molecule has 1 N–H and O–H groups in total. The Hall–Kier alpha value is -1.20. The highest BCUT2D eigenvalue weighted by atomic mass is 35.7. The van der Waals surface area contributed by atoms with Gasteiger partial charge >= 0.3 is 0 Å². The number of halogens is 1. The van der Waals surface area contributed by atoms with Crippen molar-refractivity contribution in [3.63, 3.8) is 0 Å². The third-order valence-corrected chi connectivity index (χ3v) is 5.28. The van der Waals surface area contributed by atoms with Crippen molar-refractivity contribution in [3.05, 3.63) is 46.3 Å². The van der Waals surface area contributed by atoms with E-state index in [1.807, 2.05) is 11.8 Å². The lowest BCUT2D eigenvalue weighted by Gasteiger charge is -2.17. The van der Waals surface area contributed by atoms with Crippen molar-refractivity contribution in [2.45, 2.75) is 12.3 Å². The highest BCUT2D eigenvalue weighted by molar-refractivity contribution is 8.18. The molecule has 0 aliphatic carbocycles. The number of anilines is 1. The maximum absolute atomic E-state index is 8.49. The van der Waals surface area contributed by atoms with Crippen molar-refractivity contribution in [2.75, 3.05) is 19.0 Å². The Morgan fingerprint density at radius 1 is 1.16 bits per heavy atom. The van der Waals surface area contributed by atoms with Gasteiger partial charge in [-0.2, -0.15) is 0 Å². The third-order valence-electron chi connectivity index (χ3n) is 3.20. The average Bonchev–Trinajstić information content (AvgIpc) is 3.03. The van der Waals surface area contributed by atoms with E-state index in [9.17, 15) is 0 Å². The summed E-state index contributed by atoms with van der Waals surface area (Å²) < 4.78 is 34.0. The van der Waals surface area contributed by atoms with Crippen LogP contribution in [-0.4, -0.2) is 29.5 Å². The minimum absolute atomic E-state index is 0.337. The number of hydrogen-bond acceptors (Lipinski definition) is 8. The van der Waals surface area contributed by atoms with E-state index >= 15 is 0 Å². The number of benzene rings is 1. The number of nitrogens with one attached hydrogen (secondary N) is 1. The first kappa shape index (κ1) is 20.1. The topological polar surface area (TPSA) is 113 Å². The van der Waals surface area contributed by atoms with Crippen LogP contribution in [0.2, 0.25) is 0 Å². The fraction of sp³-hybridized carbons (Fsp3) is 0.267. The van der Waals surface area contributed by atoms with Gasteiger partial charge in [-0.05, 0) is 23.8 Å². The molecule has 1 atom stereocenters. The second-order valence-corrected chi connectivity index (χ2v) is 8.33. The summed E-state index contributed by atoms with van der Waals surface area (Å²) in [5, 5.41) is 10.7. The molecular formula is C15H18ClN3O4S2.